The number of piperidine rings is 1. The van der Waals surface area contributed by atoms with Gasteiger partial charge in [-0.25, -0.2) is 12.7 Å². The van der Waals surface area contributed by atoms with Crippen molar-refractivity contribution in [1.29, 1.82) is 0 Å². The molecule has 1 heterocycles. The van der Waals surface area contributed by atoms with Crippen LogP contribution in [-0.4, -0.2) is 59.5 Å². The van der Waals surface area contributed by atoms with Gasteiger partial charge in [0.05, 0.1) is 7.11 Å². The summed E-state index contributed by atoms with van der Waals surface area (Å²) in [6.07, 6.45) is 1.99. The van der Waals surface area contributed by atoms with Crippen molar-refractivity contribution in [2.24, 2.45) is 5.41 Å². The Morgan fingerprint density at radius 2 is 1.92 bits per heavy atom. The zero-order chi connectivity index (χ0) is 18.7. The molecule has 26 heavy (non-hydrogen) atoms. The van der Waals surface area contributed by atoms with Crippen molar-refractivity contribution in [3.8, 4) is 5.75 Å². The first-order chi connectivity index (χ1) is 11.7. The number of methoxy groups -OCH3 is 1. The smallest absolute Gasteiger partial charge is 0.251 e. The summed E-state index contributed by atoms with van der Waals surface area (Å²) in [6, 6.07) is 4.46. The lowest BCUT2D eigenvalue weighted by atomic mass is 9.81. The molecule has 0 aliphatic carbocycles. The predicted molar refractivity (Wildman–Crippen MR) is 104 cm³/mol. The van der Waals surface area contributed by atoms with Gasteiger partial charge in [-0.1, -0.05) is 6.92 Å². The van der Waals surface area contributed by atoms with Crippen LogP contribution in [0, 0.1) is 5.41 Å². The maximum atomic E-state index is 12.5. The molecule has 9 heteroatoms. The molecule has 7 nitrogen and oxygen atoms in total. The molecule has 1 amide bonds. The SMILES string of the molecule is COc1ccc(C(=O)NCC2(C)CCNCC2)cc1S(=O)(=O)N(C)C.Cl. The van der Waals surface area contributed by atoms with Gasteiger partial charge in [0.1, 0.15) is 10.6 Å². The van der Waals surface area contributed by atoms with Crippen LogP contribution in [0.15, 0.2) is 23.1 Å². The number of sulfonamides is 1. The van der Waals surface area contributed by atoms with Gasteiger partial charge in [-0.3, -0.25) is 4.79 Å². The third-order valence-corrected chi connectivity index (χ3v) is 6.51. The van der Waals surface area contributed by atoms with Crippen LogP contribution in [0.1, 0.15) is 30.1 Å². The van der Waals surface area contributed by atoms with Crippen LogP contribution in [0.25, 0.3) is 0 Å². The van der Waals surface area contributed by atoms with Crippen LogP contribution in [0.2, 0.25) is 0 Å². The average Bonchev–Trinajstić information content (AvgIpc) is 2.59. The van der Waals surface area contributed by atoms with Gasteiger partial charge in [0.25, 0.3) is 5.91 Å². The zero-order valence-electron chi connectivity index (χ0n) is 15.7. The minimum absolute atomic E-state index is 0. The summed E-state index contributed by atoms with van der Waals surface area (Å²) in [5, 5.41) is 6.25. The minimum atomic E-state index is -3.70. The molecule has 0 atom stereocenters. The quantitative estimate of drug-likeness (QED) is 0.748. The summed E-state index contributed by atoms with van der Waals surface area (Å²) < 4.78 is 31.1. The third-order valence-electron chi connectivity index (χ3n) is 4.67. The Labute approximate surface area is 161 Å². The molecule has 0 bridgehead atoms. The fourth-order valence-corrected chi connectivity index (χ4v) is 3.89. The van der Waals surface area contributed by atoms with Gasteiger partial charge in [0.15, 0.2) is 0 Å². The second kappa shape index (κ2) is 9.03. The van der Waals surface area contributed by atoms with Crippen molar-refractivity contribution in [2.75, 3.05) is 40.8 Å². The number of carbonyl (C=O) groups excluding carboxylic acids is 1. The van der Waals surface area contributed by atoms with E-state index in [-0.39, 0.29) is 34.4 Å². The van der Waals surface area contributed by atoms with E-state index in [0.717, 1.165) is 30.2 Å². The highest BCUT2D eigenvalue weighted by molar-refractivity contribution is 7.89. The Kier molecular flexibility index (Phi) is 7.88. The van der Waals surface area contributed by atoms with E-state index >= 15 is 0 Å². The number of nitrogens with zero attached hydrogens (tertiary/aromatic N) is 1. The summed E-state index contributed by atoms with van der Waals surface area (Å²) in [4.78, 5) is 12.5. The Bertz CT molecular complexity index is 732. The molecule has 2 N–H and O–H groups in total. The van der Waals surface area contributed by atoms with Crippen LogP contribution >= 0.6 is 12.4 Å². The van der Waals surface area contributed by atoms with E-state index in [0.29, 0.717) is 12.1 Å². The summed E-state index contributed by atoms with van der Waals surface area (Å²) in [7, 11) is 0.589. The number of ether oxygens (including phenoxy) is 1. The van der Waals surface area contributed by atoms with Crippen molar-refractivity contribution >= 4 is 28.3 Å². The first-order valence-corrected chi connectivity index (χ1v) is 9.73. The van der Waals surface area contributed by atoms with Crippen LogP contribution in [0.4, 0.5) is 0 Å². The molecule has 0 unspecified atom stereocenters. The number of carbonyl (C=O) groups is 1. The fourth-order valence-electron chi connectivity index (χ4n) is 2.82. The molecule has 1 aromatic rings. The number of hydrogen-bond acceptors (Lipinski definition) is 5. The molecule has 1 aliphatic rings. The van der Waals surface area contributed by atoms with E-state index in [1.165, 1.54) is 33.3 Å². The Morgan fingerprint density at radius 3 is 2.46 bits per heavy atom. The van der Waals surface area contributed by atoms with Crippen LogP contribution in [0.3, 0.4) is 0 Å². The summed E-state index contributed by atoms with van der Waals surface area (Å²) in [6.45, 7) is 4.61. The minimum Gasteiger partial charge on any atom is -0.495 e. The Morgan fingerprint density at radius 1 is 1.31 bits per heavy atom. The van der Waals surface area contributed by atoms with Gasteiger partial charge < -0.3 is 15.4 Å². The van der Waals surface area contributed by atoms with E-state index in [1.807, 2.05) is 0 Å². The number of hydrogen-bond donors (Lipinski definition) is 2. The first-order valence-electron chi connectivity index (χ1n) is 8.29. The van der Waals surface area contributed by atoms with Crippen molar-refractivity contribution in [1.82, 2.24) is 14.9 Å². The average molecular weight is 406 g/mol. The van der Waals surface area contributed by atoms with E-state index in [9.17, 15) is 13.2 Å². The molecule has 0 saturated carbocycles. The van der Waals surface area contributed by atoms with Crippen LogP contribution < -0.4 is 15.4 Å². The number of amides is 1. The molecular formula is C17H28ClN3O4S. The second-order valence-electron chi connectivity index (χ2n) is 6.90. The molecule has 0 aromatic heterocycles. The van der Waals surface area contributed by atoms with Crippen molar-refractivity contribution in [3.05, 3.63) is 23.8 Å². The first kappa shape index (κ1) is 22.7. The van der Waals surface area contributed by atoms with E-state index < -0.39 is 10.0 Å². The standard InChI is InChI=1S/C17H27N3O4S.ClH/c1-17(7-9-18-10-8-17)12-19-16(21)13-5-6-14(24-4)15(11-13)25(22,23)20(2)3;/h5-6,11,18H,7-10,12H2,1-4H3,(H,19,21);1H. The Balaban J connectivity index is 0.00000338. The third kappa shape index (κ3) is 5.09. The van der Waals surface area contributed by atoms with Crippen molar-refractivity contribution < 1.29 is 17.9 Å². The predicted octanol–water partition coefficient (Wildman–Crippen LogP) is 1.49. The van der Waals surface area contributed by atoms with Gasteiger partial charge >= 0.3 is 0 Å². The molecule has 1 fully saturated rings. The highest BCUT2D eigenvalue weighted by atomic mass is 35.5. The number of halogens is 1. The Hall–Kier alpha value is -1.35. The van der Waals surface area contributed by atoms with Crippen molar-refractivity contribution in [2.45, 2.75) is 24.7 Å². The monoisotopic (exact) mass is 405 g/mol. The normalized spacial score (nSPS) is 16.7. The molecule has 0 spiro atoms. The van der Waals surface area contributed by atoms with E-state index in [2.05, 4.69) is 17.6 Å². The van der Waals surface area contributed by atoms with Crippen molar-refractivity contribution in [3.63, 3.8) is 0 Å². The van der Waals surface area contributed by atoms with Gasteiger partial charge in [-0.2, -0.15) is 0 Å². The maximum absolute atomic E-state index is 12.5. The highest BCUT2D eigenvalue weighted by Gasteiger charge is 2.28. The van der Waals surface area contributed by atoms with Gasteiger partial charge in [-0.15, -0.1) is 12.4 Å². The molecule has 0 radical (unpaired) electrons. The highest BCUT2D eigenvalue weighted by Crippen LogP contribution is 2.28. The summed E-state index contributed by atoms with van der Waals surface area (Å²) in [5.74, 6) is -0.0619. The summed E-state index contributed by atoms with van der Waals surface area (Å²) >= 11 is 0. The molecule has 1 saturated heterocycles. The van der Waals surface area contributed by atoms with E-state index in [1.54, 1.807) is 6.07 Å². The second-order valence-corrected chi connectivity index (χ2v) is 9.02. The zero-order valence-corrected chi connectivity index (χ0v) is 17.3. The van der Waals surface area contributed by atoms with Gasteiger partial charge in [0, 0.05) is 26.2 Å². The number of rotatable bonds is 6. The van der Waals surface area contributed by atoms with Gasteiger partial charge in [-0.05, 0) is 49.5 Å². The maximum Gasteiger partial charge on any atom is 0.251 e. The fraction of sp³-hybridized carbons (Fsp3) is 0.588. The molecule has 1 aromatic carbocycles. The lowest BCUT2D eigenvalue weighted by molar-refractivity contribution is 0.0922. The molecule has 2 rings (SSSR count). The van der Waals surface area contributed by atoms with E-state index in [4.69, 9.17) is 4.74 Å². The van der Waals surface area contributed by atoms with Gasteiger partial charge in [0.2, 0.25) is 10.0 Å². The molecular weight excluding hydrogens is 378 g/mol. The molecule has 148 valence electrons. The lowest BCUT2D eigenvalue weighted by Gasteiger charge is -2.34. The van der Waals surface area contributed by atoms with Crippen LogP contribution in [-0.2, 0) is 10.0 Å². The largest absolute Gasteiger partial charge is 0.495 e. The number of benzene rings is 1. The lowest BCUT2D eigenvalue weighted by Crippen LogP contribution is -2.42. The summed E-state index contributed by atoms with van der Waals surface area (Å²) in [5.41, 5.74) is 0.366. The molecule has 1 aliphatic heterocycles. The topological polar surface area (TPSA) is 87.7 Å². The number of nitrogens with one attached hydrogen (secondary N) is 2. The van der Waals surface area contributed by atoms with Crippen LogP contribution in [0.5, 0.6) is 5.75 Å².